The van der Waals surface area contributed by atoms with Crippen LogP contribution in [0.3, 0.4) is 0 Å². The second-order valence-corrected chi connectivity index (χ2v) is 5.54. The van der Waals surface area contributed by atoms with Gasteiger partial charge in [-0.25, -0.2) is 4.79 Å². The maximum atomic E-state index is 12.1. The number of cyclic esters (lactones) is 1. The van der Waals surface area contributed by atoms with Gasteiger partial charge in [-0.15, -0.1) is 0 Å². The average Bonchev–Trinajstić information content (AvgIpc) is 2.68. The quantitative estimate of drug-likeness (QED) is 0.725. The summed E-state index contributed by atoms with van der Waals surface area (Å²) in [7, 11) is 0. The van der Waals surface area contributed by atoms with Crippen LogP contribution in [0.4, 0.5) is 0 Å². The molecule has 3 heteroatoms. The zero-order valence-corrected chi connectivity index (χ0v) is 11.1. The number of hydrogen-bond donors (Lipinski definition) is 0. The van der Waals surface area contributed by atoms with Gasteiger partial charge in [-0.3, -0.25) is 4.79 Å². The minimum Gasteiger partial charge on any atom is -0.453 e. The van der Waals surface area contributed by atoms with Crippen molar-refractivity contribution in [2.45, 2.75) is 32.8 Å². The van der Waals surface area contributed by atoms with Crippen LogP contribution in [0, 0.1) is 5.41 Å². The molecule has 19 heavy (non-hydrogen) atoms. The van der Waals surface area contributed by atoms with E-state index in [2.05, 4.69) is 0 Å². The lowest BCUT2D eigenvalue weighted by atomic mass is 9.68. The van der Waals surface area contributed by atoms with Gasteiger partial charge in [-0.05, 0) is 18.9 Å². The van der Waals surface area contributed by atoms with Crippen molar-refractivity contribution in [3.8, 4) is 0 Å². The second-order valence-electron chi connectivity index (χ2n) is 5.54. The van der Waals surface area contributed by atoms with Crippen LogP contribution < -0.4 is 0 Å². The molecule has 1 aromatic carbocycles. The van der Waals surface area contributed by atoms with E-state index in [0.717, 1.165) is 5.56 Å². The number of Topliss-reactive ketones (excluding diaryl/α,β-unsaturated/α-hetero) is 1. The number of rotatable bonds is 1. The van der Waals surface area contributed by atoms with E-state index >= 15 is 0 Å². The third-order valence-electron chi connectivity index (χ3n) is 4.35. The van der Waals surface area contributed by atoms with E-state index in [4.69, 9.17) is 4.74 Å². The zero-order chi connectivity index (χ0) is 13.6. The largest absolute Gasteiger partial charge is 0.453 e. The molecule has 0 aromatic heterocycles. The van der Waals surface area contributed by atoms with Gasteiger partial charge in [0.25, 0.3) is 0 Å². The van der Waals surface area contributed by atoms with Crippen molar-refractivity contribution in [1.82, 2.24) is 0 Å². The standard InChI is InChI=1S/C16H16O3/c1-10-12(17)8-9-16(2)13(10)15(18)19-14(16)11-6-4-3-5-7-11/h3-7,14H,8-9H2,1-2H3/t14-,16-/m0/s1. The lowest BCUT2D eigenvalue weighted by Crippen LogP contribution is -2.30. The molecule has 0 N–H and O–H groups in total. The van der Waals surface area contributed by atoms with Crippen LogP contribution in [0.5, 0.6) is 0 Å². The zero-order valence-electron chi connectivity index (χ0n) is 11.1. The number of ketones is 1. The Balaban J connectivity index is 2.13. The molecular formula is C16H16O3. The van der Waals surface area contributed by atoms with E-state index in [0.29, 0.717) is 24.0 Å². The van der Waals surface area contributed by atoms with Crippen LogP contribution in [0.2, 0.25) is 0 Å². The van der Waals surface area contributed by atoms with Gasteiger partial charge in [0.15, 0.2) is 5.78 Å². The van der Waals surface area contributed by atoms with Crippen molar-refractivity contribution in [3.05, 3.63) is 47.0 Å². The van der Waals surface area contributed by atoms with E-state index in [1.807, 2.05) is 37.3 Å². The van der Waals surface area contributed by atoms with Gasteiger partial charge in [-0.1, -0.05) is 37.3 Å². The number of carbonyl (C=O) groups excluding carboxylic acids is 2. The van der Waals surface area contributed by atoms with Gasteiger partial charge in [0, 0.05) is 17.4 Å². The molecule has 0 bridgehead atoms. The molecule has 1 aromatic rings. The minimum absolute atomic E-state index is 0.0677. The van der Waals surface area contributed by atoms with Crippen molar-refractivity contribution in [3.63, 3.8) is 0 Å². The topological polar surface area (TPSA) is 43.4 Å². The van der Waals surface area contributed by atoms with Crippen LogP contribution in [-0.4, -0.2) is 11.8 Å². The Morgan fingerprint density at radius 3 is 2.58 bits per heavy atom. The Morgan fingerprint density at radius 1 is 1.21 bits per heavy atom. The third-order valence-corrected chi connectivity index (χ3v) is 4.35. The number of carbonyl (C=O) groups is 2. The Hall–Kier alpha value is -1.90. The lowest BCUT2D eigenvalue weighted by molar-refractivity contribution is -0.140. The van der Waals surface area contributed by atoms with Crippen LogP contribution in [0.1, 0.15) is 38.4 Å². The summed E-state index contributed by atoms with van der Waals surface area (Å²) in [6, 6.07) is 9.76. The van der Waals surface area contributed by atoms with Crippen molar-refractivity contribution < 1.29 is 14.3 Å². The fourth-order valence-corrected chi connectivity index (χ4v) is 3.26. The van der Waals surface area contributed by atoms with E-state index < -0.39 is 0 Å². The normalized spacial score (nSPS) is 30.3. The summed E-state index contributed by atoms with van der Waals surface area (Å²) in [5, 5.41) is 0. The maximum absolute atomic E-state index is 12.1. The molecule has 2 aliphatic rings. The molecule has 2 atom stereocenters. The number of fused-ring (bicyclic) bond motifs is 1. The number of allylic oxidation sites excluding steroid dienone is 1. The summed E-state index contributed by atoms with van der Waals surface area (Å²) < 4.78 is 5.57. The van der Waals surface area contributed by atoms with E-state index in [1.54, 1.807) is 6.92 Å². The van der Waals surface area contributed by atoms with Crippen LogP contribution in [0.15, 0.2) is 41.5 Å². The summed E-state index contributed by atoms with van der Waals surface area (Å²) >= 11 is 0. The van der Waals surface area contributed by atoms with Gasteiger partial charge < -0.3 is 4.74 Å². The van der Waals surface area contributed by atoms with Crippen molar-refractivity contribution in [1.29, 1.82) is 0 Å². The molecule has 0 unspecified atom stereocenters. The fraction of sp³-hybridized carbons (Fsp3) is 0.375. The molecule has 0 spiro atoms. The maximum Gasteiger partial charge on any atom is 0.335 e. The van der Waals surface area contributed by atoms with Gasteiger partial charge in [0.05, 0.1) is 5.57 Å². The first-order valence-electron chi connectivity index (χ1n) is 6.54. The summed E-state index contributed by atoms with van der Waals surface area (Å²) in [6.45, 7) is 3.77. The van der Waals surface area contributed by atoms with Crippen LogP contribution in [-0.2, 0) is 14.3 Å². The average molecular weight is 256 g/mol. The molecule has 3 nitrogen and oxygen atoms in total. The Labute approximate surface area is 112 Å². The fourth-order valence-electron chi connectivity index (χ4n) is 3.26. The number of ether oxygens (including phenoxy) is 1. The molecule has 1 fully saturated rings. The second kappa shape index (κ2) is 4.05. The monoisotopic (exact) mass is 256 g/mol. The SMILES string of the molecule is CC1=C2C(=O)O[C@@H](c3ccccc3)[C@@]2(C)CCC1=O. The van der Waals surface area contributed by atoms with Gasteiger partial charge in [0.1, 0.15) is 6.10 Å². The highest BCUT2D eigenvalue weighted by molar-refractivity contribution is 6.06. The van der Waals surface area contributed by atoms with Crippen molar-refractivity contribution in [2.24, 2.45) is 5.41 Å². The van der Waals surface area contributed by atoms with E-state index in [1.165, 1.54) is 0 Å². The summed E-state index contributed by atoms with van der Waals surface area (Å²) in [5.41, 5.74) is 1.78. The summed E-state index contributed by atoms with van der Waals surface area (Å²) in [6.07, 6.45) is 0.884. The number of esters is 1. The highest BCUT2D eigenvalue weighted by Gasteiger charge is 2.53. The van der Waals surface area contributed by atoms with Gasteiger partial charge >= 0.3 is 5.97 Å². The van der Waals surface area contributed by atoms with E-state index in [-0.39, 0.29) is 23.3 Å². The van der Waals surface area contributed by atoms with Gasteiger partial charge in [-0.2, -0.15) is 0 Å². The smallest absolute Gasteiger partial charge is 0.335 e. The Morgan fingerprint density at radius 2 is 1.89 bits per heavy atom. The molecule has 3 rings (SSSR count). The summed E-state index contributed by atoms with van der Waals surface area (Å²) in [4.78, 5) is 23.9. The molecular weight excluding hydrogens is 240 g/mol. The third kappa shape index (κ3) is 1.65. The molecule has 1 heterocycles. The lowest BCUT2D eigenvalue weighted by Gasteiger charge is -2.33. The summed E-state index contributed by atoms with van der Waals surface area (Å²) in [5.74, 6) is -0.264. The van der Waals surface area contributed by atoms with Crippen LogP contribution >= 0.6 is 0 Å². The van der Waals surface area contributed by atoms with Crippen molar-refractivity contribution >= 4 is 11.8 Å². The highest BCUT2D eigenvalue weighted by atomic mass is 16.6. The first-order chi connectivity index (χ1) is 9.04. The molecule has 98 valence electrons. The first-order valence-corrected chi connectivity index (χ1v) is 6.54. The number of hydrogen-bond acceptors (Lipinski definition) is 3. The van der Waals surface area contributed by atoms with Crippen LogP contribution in [0.25, 0.3) is 0 Å². The molecule has 0 saturated carbocycles. The van der Waals surface area contributed by atoms with E-state index in [9.17, 15) is 9.59 Å². The van der Waals surface area contributed by atoms with Crippen molar-refractivity contribution in [2.75, 3.05) is 0 Å². The first kappa shape index (κ1) is 12.2. The predicted octanol–water partition coefficient (Wildman–Crippen LogP) is 2.97. The highest BCUT2D eigenvalue weighted by Crippen LogP contribution is 2.55. The molecule has 1 aliphatic heterocycles. The Bertz CT molecular complexity index is 585. The molecule has 1 saturated heterocycles. The Kier molecular flexibility index (Phi) is 2.59. The predicted molar refractivity (Wildman–Crippen MR) is 70.3 cm³/mol. The molecule has 1 aliphatic carbocycles. The molecule has 0 radical (unpaired) electrons. The molecule has 0 amide bonds. The van der Waals surface area contributed by atoms with Gasteiger partial charge in [0.2, 0.25) is 0 Å². The number of benzene rings is 1. The minimum atomic E-state index is -0.379.